The van der Waals surface area contributed by atoms with Gasteiger partial charge in [-0.1, -0.05) is 12.1 Å². The maximum Gasteiger partial charge on any atom is 0.412 e. The molecule has 0 aliphatic rings. The molecule has 0 bridgehead atoms. The normalized spacial score (nSPS) is 11.7. The van der Waals surface area contributed by atoms with Crippen molar-refractivity contribution in [1.82, 2.24) is 15.6 Å². The fourth-order valence-corrected chi connectivity index (χ4v) is 2.82. The van der Waals surface area contributed by atoms with Crippen LogP contribution in [0.4, 0.5) is 10.5 Å². The summed E-state index contributed by atoms with van der Waals surface area (Å²) >= 11 is 0. The molecule has 0 saturated heterocycles. The van der Waals surface area contributed by atoms with E-state index in [4.69, 9.17) is 4.74 Å². The number of aryl methyl sites for hydroxylation is 1. The van der Waals surface area contributed by atoms with E-state index in [1.807, 2.05) is 57.4 Å². The van der Waals surface area contributed by atoms with E-state index in [1.165, 1.54) is 16.7 Å². The Kier molecular flexibility index (Phi) is 8.65. The SMILES string of the molecule is CN=C(NCCc1ccc(NC(=O)OC(C)(C)C)cc1)NCCc1ccncc1C. The lowest BCUT2D eigenvalue weighted by Gasteiger charge is -2.19. The fourth-order valence-electron chi connectivity index (χ4n) is 2.82. The van der Waals surface area contributed by atoms with E-state index in [0.717, 1.165) is 31.9 Å². The van der Waals surface area contributed by atoms with Gasteiger partial charge in [0, 0.05) is 38.2 Å². The number of guanidine groups is 1. The van der Waals surface area contributed by atoms with Gasteiger partial charge in [-0.15, -0.1) is 0 Å². The van der Waals surface area contributed by atoms with Gasteiger partial charge in [-0.05, 0) is 75.4 Å². The van der Waals surface area contributed by atoms with Gasteiger partial charge in [0.05, 0.1) is 0 Å². The number of nitrogens with one attached hydrogen (secondary N) is 3. The molecule has 3 N–H and O–H groups in total. The second kappa shape index (κ2) is 11.2. The Balaban J connectivity index is 1.71. The number of pyridine rings is 1. The molecular weight excluding hydrogens is 378 g/mol. The minimum Gasteiger partial charge on any atom is -0.444 e. The number of benzene rings is 1. The zero-order valence-electron chi connectivity index (χ0n) is 18.6. The van der Waals surface area contributed by atoms with Crippen molar-refractivity contribution < 1.29 is 9.53 Å². The first-order valence-corrected chi connectivity index (χ1v) is 10.2. The van der Waals surface area contributed by atoms with Crippen LogP contribution < -0.4 is 16.0 Å². The predicted molar refractivity (Wildman–Crippen MR) is 122 cm³/mol. The molecular formula is C23H33N5O2. The summed E-state index contributed by atoms with van der Waals surface area (Å²) in [5.41, 5.74) is 3.85. The Morgan fingerprint density at radius 3 is 2.33 bits per heavy atom. The lowest BCUT2D eigenvalue weighted by atomic mass is 10.1. The molecule has 1 aromatic heterocycles. The number of hydrogen-bond donors (Lipinski definition) is 3. The average Bonchev–Trinajstić information content (AvgIpc) is 2.68. The summed E-state index contributed by atoms with van der Waals surface area (Å²) in [6.45, 7) is 9.15. The number of nitrogens with zero attached hydrogens (tertiary/aromatic N) is 2. The molecule has 30 heavy (non-hydrogen) atoms. The summed E-state index contributed by atoms with van der Waals surface area (Å²) in [7, 11) is 1.77. The van der Waals surface area contributed by atoms with Crippen molar-refractivity contribution in [2.45, 2.75) is 46.1 Å². The van der Waals surface area contributed by atoms with Crippen LogP contribution in [0.2, 0.25) is 0 Å². The minimum atomic E-state index is -0.514. The molecule has 1 heterocycles. The molecule has 0 saturated carbocycles. The molecule has 7 nitrogen and oxygen atoms in total. The molecule has 0 aliphatic carbocycles. The predicted octanol–water partition coefficient (Wildman–Crippen LogP) is 3.69. The van der Waals surface area contributed by atoms with E-state index in [0.29, 0.717) is 5.69 Å². The lowest BCUT2D eigenvalue weighted by Crippen LogP contribution is -2.39. The van der Waals surface area contributed by atoms with Gasteiger partial charge in [0.1, 0.15) is 5.60 Å². The Morgan fingerprint density at radius 2 is 1.73 bits per heavy atom. The third-order valence-corrected chi connectivity index (χ3v) is 4.35. The number of rotatable bonds is 7. The van der Waals surface area contributed by atoms with Gasteiger partial charge >= 0.3 is 6.09 Å². The summed E-state index contributed by atoms with van der Waals surface area (Å²) in [4.78, 5) is 20.2. The van der Waals surface area contributed by atoms with E-state index < -0.39 is 11.7 Å². The van der Waals surface area contributed by atoms with Crippen molar-refractivity contribution in [3.63, 3.8) is 0 Å². The number of carbonyl (C=O) groups excluding carboxylic acids is 1. The Bertz CT molecular complexity index is 841. The first kappa shape index (κ1) is 23.2. The van der Waals surface area contributed by atoms with Crippen LogP contribution >= 0.6 is 0 Å². The van der Waals surface area contributed by atoms with Crippen molar-refractivity contribution in [3.05, 3.63) is 59.4 Å². The second-order valence-electron chi connectivity index (χ2n) is 8.05. The monoisotopic (exact) mass is 411 g/mol. The highest BCUT2D eigenvalue weighted by Gasteiger charge is 2.16. The summed E-state index contributed by atoms with van der Waals surface area (Å²) in [6, 6.07) is 9.80. The van der Waals surface area contributed by atoms with Gasteiger partial charge in [-0.2, -0.15) is 0 Å². The zero-order valence-corrected chi connectivity index (χ0v) is 18.6. The van der Waals surface area contributed by atoms with E-state index in [9.17, 15) is 4.79 Å². The molecule has 0 radical (unpaired) electrons. The van der Waals surface area contributed by atoms with Crippen molar-refractivity contribution in [3.8, 4) is 0 Å². The lowest BCUT2D eigenvalue weighted by molar-refractivity contribution is 0.0636. The number of anilines is 1. The molecule has 7 heteroatoms. The molecule has 0 aliphatic heterocycles. The summed E-state index contributed by atoms with van der Waals surface area (Å²) < 4.78 is 5.26. The highest BCUT2D eigenvalue weighted by atomic mass is 16.6. The summed E-state index contributed by atoms with van der Waals surface area (Å²) in [6.07, 6.45) is 5.02. The van der Waals surface area contributed by atoms with Crippen LogP contribution in [0.1, 0.15) is 37.5 Å². The largest absolute Gasteiger partial charge is 0.444 e. The average molecular weight is 412 g/mol. The van der Waals surface area contributed by atoms with Crippen molar-refractivity contribution in [2.75, 3.05) is 25.5 Å². The van der Waals surface area contributed by atoms with E-state index in [1.54, 1.807) is 7.05 Å². The molecule has 2 aromatic rings. The number of hydrogen-bond acceptors (Lipinski definition) is 4. The Hall–Kier alpha value is -3.09. The van der Waals surface area contributed by atoms with Crippen molar-refractivity contribution in [2.24, 2.45) is 4.99 Å². The Morgan fingerprint density at radius 1 is 1.07 bits per heavy atom. The molecule has 2 rings (SSSR count). The quantitative estimate of drug-likeness (QED) is 0.478. The van der Waals surface area contributed by atoms with Crippen LogP contribution in [0.15, 0.2) is 47.7 Å². The van der Waals surface area contributed by atoms with Crippen LogP contribution in [0.25, 0.3) is 0 Å². The van der Waals surface area contributed by atoms with E-state index in [2.05, 4.69) is 38.9 Å². The third kappa shape index (κ3) is 8.51. The molecule has 0 spiro atoms. The van der Waals surface area contributed by atoms with Gasteiger partial charge in [0.2, 0.25) is 0 Å². The first-order valence-electron chi connectivity index (χ1n) is 10.2. The minimum absolute atomic E-state index is 0.450. The molecule has 0 unspecified atom stereocenters. The molecule has 1 amide bonds. The topological polar surface area (TPSA) is 87.6 Å². The third-order valence-electron chi connectivity index (χ3n) is 4.35. The smallest absolute Gasteiger partial charge is 0.412 e. The highest BCUT2D eigenvalue weighted by molar-refractivity contribution is 5.84. The van der Waals surface area contributed by atoms with Crippen LogP contribution in [-0.2, 0) is 17.6 Å². The van der Waals surface area contributed by atoms with Crippen LogP contribution in [0.3, 0.4) is 0 Å². The second-order valence-corrected chi connectivity index (χ2v) is 8.05. The number of amides is 1. The van der Waals surface area contributed by atoms with Crippen molar-refractivity contribution >= 4 is 17.7 Å². The van der Waals surface area contributed by atoms with E-state index >= 15 is 0 Å². The van der Waals surface area contributed by atoms with Gasteiger partial charge in [-0.3, -0.25) is 15.3 Å². The van der Waals surface area contributed by atoms with Crippen LogP contribution in [0, 0.1) is 6.92 Å². The molecule has 0 fully saturated rings. The summed E-state index contributed by atoms with van der Waals surface area (Å²) in [5.74, 6) is 0.782. The van der Waals surface area contributed by atoms with Gasteiger partial charge in [-0.25, -0.2) is 4.79 Å². The maximum absolute atomic E-state index is 11.8. The van der Waals surface area contributed by atoms with E-state index in [-0.39, 0.29) is 0 Å². The highest BCUT2D eigenvalue weighted by Crippen LogP contribution is 2.13. The van der Waals surface area contributed by atoms with Crippen LogP contribution in [-0.4, -0.2) is 42.8 Å². The number of ether oxygens (including phenoxy) is 1. The van der Waals surface area contributed by atoms with Crippen molar-refractivity contribution in [1.29, 1.82) is 0 Å². The van der Waals surface area contributed by atoms with Gasteiger partial charge in [0.25, 0.3) is 0 Å². The van der Waals surface area contributed by atoms with Gasteiger partial charge < -0.3 is 15.4 Å². The number of aliphatic imine (C=N–C) groups is 1. The molecule has 0 atom stereocenters. The summed E-state index contributed by atoms with van der Waals surface area (Å²) in [5, 5.41) is 9.41. The fraction of sp³-hybridized carbons (Fsp3) is 0.435. The first-order chi connectivity index (χ1) is 14.3. The van der Waals surface area contributed by atoms with Crippen LogP contribution in [0.5, 0.6) is 0 Å². The number of aromatic nitrogens is 1. The van der Waals surface area contributed by atoms with Gasteiger partial charge in [0.15, 0.2) is 5.96 Å². The standard InChI is InChI=1S/C23H33N5O2/c1-17-16-25-13-11-19(17)12-15-27-21(24-5)26-14-10-18-6-8-20(9-7-18)28-22(29)30-23(2,3)4/h6-9,11,13,16H,10,12,14-15H2,1-5H3,(H,28,29)(H2,24,26,27). The Labute approximate surface area is 179 Å². The molecule has 162 valence electrons. The zero-order chi connectivity index (χ0) is 22.0. The number of carbonyl (C=O) groups is 1. The maximum atomic E-state index is 11.8. The molecule has 1 aromatic carbocycles.